The van der Waals surface area contributed by atoms with Gasteiger partial charge in [-0.15, -0.1) is 0 Å². The van der Waals surface area contributed by atoms with E-state index in [9.17, 15) is 25.3 Å². The van der Waals surface area contributed by atoms with E-state index in [0.717, 1.165) is 22.4 Å². The van der Waals surface area contributed by atoms with E-state index in [0.29, 0.717) is 11.0 Å². The van der Waals surface area contributed by atoms with E-state index in [1.165, 1.54) is 36.4 Å². The van der Waals surface area contributed by atoms with Crippen LogP contribution < -0.4 is 9.44 Å². The molecule has 0 aliphatic carbocycles. The molecule has 3 aromatic carbocycles. The van der Waals surface area contributed by atoms with Crippen molar-refractivity contribution >= 4 is 64.0 Å². The molecule has 0 saturated heterocycles. The fraction of sp³-hybridized carbons (Fsp3) is 0. The Bertz CT molecular complexity index is 1950. The highest BCUT2D eigenvalue weighted by Gasteiger charge is 2.25. The third kappa shape index (κ3) is 5.00. The second-order valence-corrected chi connectivity index (χ2v) is 13.6. The minimum Gasteiger partial charge on any atom is -0.443 e. The summed E-state index contributed by atoms with van der Waals surface area (Å²) in [7, 11) is -12.6. The number of sulfonamides is 2. The smallest absolute Gasteiger partial charge is 0.295 e. The van der Waals surface area contributed by atoms with Crippen LogP contribution in [0.15, 0.2) is 117 Å². The lowest BCUT2D eigenvalue weighted by atomic mass is 10.3. The van der Waals surface area contributed by atoms with Crippen molar-refractivity contribution in [3.05, 3.63) is 102 Å². The summed E-state index contributed by atoms with van der Waals surface area (Å²) in [5, 5.41) is 0.320. The highest BCUT2D eigenvalue weighted by Crippen LogP contribution is 2.32. The van der Waals surface area contributed by atoms with Gasteiger partial charge in [-0.1, -0.05) is 48.0 Å². The Kier molecular flexibility index (Phi) is 6.47. The van der Waals surface area contributed by atoms with Gasteiger partial charge in [0.15, 0.2) is 0 Å². The van der Waals surface area contributed by atoms with Crippen molar-refractivity contribution in [1.82, 2.24) is 3.97 Å². The lowest BCUT2D eigenvalue weighted by molar-refractivity contribution is 0.484. The van der Waals surface area contributed by atoms with Crippen LogP contribution in [0.3, 0.4) is 0 Å². The Morgan fingerprint density at radius 3 is 2.11 bits per heavy atom. The van der Waals surface area contributed by atoms with Gasteiger partial charge in [0.1, 0.15) is 10.5 Å². The van der Waals surface area contributed by atoms with Gasteiger partial charge in [-0.05, 0) is 42.5 Å². The Morgan fingerprint density at radius 2 is 1.37 bits per heavy atom. The topological polar surface area (TPSA) is 145 Å². The average Bonchev–Trinajstić information content (AvgIpc) is 3.55. The fourth-order valence-corrected chi connectivity index (χ4v) is 7.13. The Hall–Kier alpha value is -3.78. The van der Waals surface area contributed by atoms with E-state index in [2.05, 4.69) is 9.44 Å². The Morgan fingerprint density at radius 1 is 0.684 bits per heavy atom. The van der Waals surface area contributed by atoms with Crippen molar-refractivity contribution < 1.29 is 29.7 Å². The molecule has 0 radical (unpaired) electrons. The van der Waals surface area contributed by atoms with Crippen LogP contribution in [-0.4, -0.2) is 29.2 Å². The number of para-hydroxylation sites is 1. The van der Waals surface area contributed by atoms with Crippen LogP contribution >= 0.6 is 11.6 Å². The minimum absolute atomic E-state index is 0.0208. The number of anilines is 2. The van der Waals surface area contributed by atoms with Gasteiger partial charge in [-0.3, -0.25) is 9.44 Å². The molecule has 10 nitrogen and oxygen atoms in total. The fourth-order valence-electron chi connectivity index (χ4n) is 3.56. The van der Waals surface area contributed by atoms with Crippen LogP contribution in [0.2, 0.25) is 5.02 Å². The predicted octanol–water partition coefficient (Wildman–Crippen LogP) is 4.73. The van der Waals surface area contributed by atoms with E-state index in [4.69, 9.17) is 16.0 Å². The quantitative estimate of drug-likeness (QED) is 0.265. The summed E-state index contributed by atoms with van der Waals surface area (Å²) in [5.74, 6) is 0. The SMILES string of the molecule is O=S(=O)(Nc1ccc(Cl)cc1NS(=O)(=O)c1cc2ccccc2o1)c1ccn(S(=O)(=O)c2ccccc2)c1. The van der Waals surface area contributed by atoms with Gasteiger partial charge >= 0.3 is 0 Å². The van der Waals surface area contributed by atoms with E-state index in [1.807, 2.05) is 0 Å². The van der Waals surface area contributed by atoms with Crippen LogP contribution in [0.25, 0.3) is 11.0 Å². The maximum absolute atomic E-state index is 13.1. The monoisotopic (exact) mass is 591 g/mol. The summed E-state index contributed by atoms with van der Waals surface area (Å²) in [6.07, 6.45) is 2.04. The van der Waals surface area contributed by atoms with E-state index in [-0.39, 0.29) is 31.3 Å². The molecule has 0 aliphatic heterocycles. The summed E-state index contributed by atoms with van der Waals surface area (Å²) in [5.41, 5.74) is 0.0421. The molecule has 2 N–H and O–H groups in total. The molecule has 5 rings (SSSR count). The summed E-state index contributed by atoms with van der Waals surface area (Å²) in [6.45, 7) is 0. The molecule has 0 saturated carbocycles. The molecule has 38 heavy (non-hydrogen) atoms. The first-order chi connectivity index (χ1) is 18.0. The molecule has 2 aromatic heterocycles. The van der Waals surface area contributed by atoms with Crippen LogP contribution in [0.4, 0.5) is 11.4 Å². The lowest BCUT2D eigenvalue weighted by Crippen LogP contribution is -2.17. The van der Waals surface area contributed by atoms with E-state index < -0.39 is 30.1 Å². The van der Waals surface area contributed by atoms with Crippen molar-refractivity contribution in [1.29, 1.82) is 0 Å². The van der Waals surface area contributed by atoms with Crippen LogP contribution in [-0.2, 0) is 30.1 Å². The third-order valence-corrected chi connectivity index (χ3v) is 9.86. The lowest BCUT2D eigenvalue weighted by Gasteiger charge is -2.14. The molecule has 0 atom stereocenters. The molecule has 0 bridgehead atoms. The standard InChI is InChI=1S/C24H18ClN3O7S3/c25-18-10-11-21(22(15-18)27-37(31,32)24-14-17-6-4-5-9-23(17)35-24)26-36(29,30)20-12-13-28(16-20)38(33,34)19-7-2-1-3-8-19/h1-16,26-27H. The summed E-state index contributed by atoms with van der Waals surface area (Å²) in [4.78, 5) is -0.384. The second-order valence-electron chi connectivity index (χ2n) is 8.00. The third-order valence-electron chi connectivity index (χ3n) is 5.41. The zero-order valence-electron chi connectivity index (χ0n) is 19.1. The highest BCUT2D eigenvalue weighted by molar-refractivity contribution is 7.93. The molecule has 0 fully saturated rings. The molecular formula is C24H18ClN3O7S3. The van der Waals surface area contributed by atoms with Gasteiger partial charge in [0.2, 0.25) is 5.09 Å². The van der Waals surface area contributed by atoms with Crippen LogP contribution in [0.5, 0.6) is 0 Å². The Labute approximate surface area is 223 Å². The highest BCUT2D eigenvalue weighted by atomic mass is 35.5. The van der Waals surface area contributed by atoms with Crippen molar-refractivity contribution in [2.75, 3.05) is 9.44 Å². The molecule has 2 heterocycles. The number of nitrogens with one attached hydrogen (secondary N) is 2. The van der Waals surface area contributed by atoms with Gasteiger partial charge in [0, 0.05) is 28.9 Å². The number of aromatic nitrogens is 1. The first kappa shape index (κ1) is 25.9. The molecule has 5 aromatic rings. The van der Waals surface area contributed by atoms with E-state index >= 15 is 0 Å². The summed E-state index contributed by atoms with van der Waals surface area (Å²) >= 11 is 6.05. The largest absolute Gasteiger partial charge is 0.443 e. The Balaban J connectivity index is 1.45. The molecule has 0 spiro atoms. The minimum atomic E-state index is -4.35. The maximum Gasteiger partial charge on any atom is 0.295 e. The molecule has 196 valence electrons. The molecule has 0 unspecified atom stereocenters. The zero-order valence-corrected chi connectivity index (χ0v) is 22.4. The van der Waals surface area contributed by atoms with Crippen molar-refractivity contribution in [2.24, 2.45) is 0 Å². The van der Waals surface area contributed by atoms with Crippen LogP contribution in [0, 0.1) is 0 Å². The van der Waals surface area contributed by atoms with Crippen molar-refractivity contribution in [3.8, 4) is 0 Å². The number of halogens is 1. The molecule has 0 aliphatic rings. The van der Waals surface area contributed by atoms with Crippen molar-refractivity contribution in [3.63, 3.8) is 0 Å². The van der Waals surface area contributed by atoms with Crippen LogP contribution in [0.1, 0.15) is 0 Å². The first-order valence-corrected chi connectivity index (χ1v) is 15.6. The van der Waals surface area contributed by atoms with E-state index in [1.54, 1.807) is 42.5 Å². The summed E-state index contributed by atoms with van der Waals surface area (Å²) < 4.78 is 88.7. The molecule has 14 heteroatoms. The number of nitrogens with zero attached hydrogens (tertiary/aromatic N) is 1. The number of fused-ring (bicyclic) bond motifs is 1. The zero-order chi connectivity index (χ0) is 27.1. The van der Waals surface area contributed by atoms with Gasteiger partial charge < -0.3 is 4.42 Å². The number of hydrogen-bond acceptors (Lipinski definition) is 7. The normalized spacial score (nSPS) is 12.4. The number of benzene rings is 3. The molecular weight excluding hydrogens is 574 g/mol. The number of hydrogen-bond donors (Lipinski definition) is 2. The average molecular weight is 592 g/mol. The number of furan rings is 1. The van der Waals surface area contributed by atoms with Gasteiger partial charge in [-0.25, -0.2) is 20.8 Å². The predicted molar refractivity (Wildman–Crippen MR) is 143 cm³/mol. The summed E-state index contributed by atoms with van der Waals surface area (Å²) in [6, 6.07) is 20.5. The first-order valence-electron chi connectivity index (χ1n) is 10.8. The van der Waals surface area contributed by atoms with Gasteiger partial charge in [0.25, 0.3) is 30.1 Å². The second kappa shape index (κ2) is 9.51. The molecule has 0 amide bonds. The van der Waals surface area contributed by atoms with Crippen molar-refractivity contribution in [2.45, 2.75) is 14.9 Å². The number of rotatable bonds is 8. The van der Waals surface area contributed by atoms with Gasteiger partial charge in [-0.2, -0.15) is 8.42 Å². The van der Waals surface area contributed by atoms with Gasteiger partial charge in [0.05, 0.1) is 16.3 Å². The maximum atomic E-state index is 13.1.